The van der Waals surface area contributed by atoms with Crippen LogP contribution in [-0.4, -0.2) is 50.5 Å². The van der Waals surface area contributed by atoms with Crippen LogP contribution in [0.25, 0.3) is 0 Å². The topological polar surface area (TPSA) is 123 Å². The molecule has 162 valence electrons. The molecule has 1 unspecified atom stereocenters. The number of aromatic amines is 1. The lowest BCUT2D eigenvalue weighted by Crippen LogP contribution is -2.39. The molecule has 1 aromatic carbocycles. The first-order chi connectivity index (χ1) is 14.1. The molecule has 5 atom stereocenters. The van der Waals surface area contributed by atoms with E-state index in [4.69, 9.17) is 37.4 Å². The number of nitrogens with zero attached hydrogens (tertiary/aromatic N) is 1. The largest absolute Gasteiger partial charge is 0.394 e. The van der Waals surface area contributed by atoms with Gasteiger partial charge >= 0.3 is 5.69 Å². The minimum Gasteiger partial charge on any atom is -0.394 e. The number of halogens is 2. The second-order valence-electron chi connectivity index (χ2n) is 7.63. The highest BCUT2D eigenvalue weighted by molar-refractivity contribution is 6.35. The fourth-order valence-corrected chi connectivity index (χ4v) is 4.32. The quantitative estimate of drug-likeness (QED) is 0.631. The molecule has 2 aromatic rings. The van der Waals surface area contributed by atoms with Crippen molar-refractivity contribution in [3.63, 3.8) is 0 Å². The van der Waals surface area contributed by atoms with Crippen LogP contribution in [0.15, 0.2) is 34.0 Å². The fraction of sp³-hybridized carbons (Fsp3) is 0.474. The van der Waals surface area contributed by atoms with Crippen LogP contribution in [0.3, 0.4) is 0 Å². The van der Waals surface area contributed by atoms with Crippen LogP contribution in [0.1, 0.15) is 37.3 Å². The van der Waals surface area contributed by atoms with Crippen molar-refractivity contribution in [3.8, 4) is 0 Å². The lowest BCUT2D eigenvalue weighted by molar-refractivity contribution is -0.200. The van der Waals surface area contributed by atoms with E-state index in [2.05, 4.69) is 4.98 Å². The van der Waals surface area contributed by atoms with E-state index in [1.54, 1.807) is 13.8 Å². The summed E-state index contributed by atoms with van der Waals surface area (Å²) in [5.74, 6) is -0.935. The minimum atomic E-state index is -1.42. The third-order valence-electron chi connectivity index (χ3n) is 5.13. The molecule has 3 N–H and O–H groups in total. The Morgan fingerprint density at radius 1 is 1.20 bits per heavy atom. The number of benzene rings is 1. The summed E-state index contributed by atoms with van der Waals surface area (Å²) in [6.45, 7) is 3.08. The zero-order valence-corrected chi connectivity index (χ0v) is 17.6. The van der Waals surface area contributed by atoms with E-state index in [1.165, 1.54) is 24.4 Å². The van der Waals surface area contributed by atoms with Crippen LogP contribution in [-0.2, 0) is 14.2 Å². The first-order valence-electron chi connectivity index (χ1n) is 9.21. The van der Waals surface area contributed by atoms with E-state index < -0.39 is 47.7 Å². The summed E-state index contributed by atoms with van der Waals surface area (Å²) in [7, 11) is 0. The van der Waals surface area contributed by atoms with Crippen molar-refractivity contribution in [3.05, 3.63) is 66.4 Å². The highest BCUT2D eigenvalue weighted by Gasteiger charge is 2.56. The maximum absolute atomic E-state index is 12.5. The zero-order chi connectivity index (χ0) is 21.8. The second kappa shape index (κ2) is 7.76. The number of aliphatic hydroxyl groups excluding tert-OH is 2. The SMILES string of the molecule is CC1(C)O[C@@H]2[C@H](O1)[C@@H](CO)O[C@H]2n1cc(C(O)c2ccc(Cl)cc2Cl)c(=O)[nH]c1=O. The summed E-state index contributed by atoms with van der Waals surface area (Å²) in [6.07, 6.45) is -3.23. The summed E-state index contributed by atoms with van der Waals surface area (Å²) < 4.78 is 18.5. The highest BCUT2D eigenvalue weighted by atomic mass is 35.5. The molecule has 2 aliphatic rings. The van der Waals surface area contributed by atoms with E-state index in [1.807, 2.05) is 0 Å². The minimum absolute atomic E-state index is 0.121. The molecule has 2 fully saturated rings. The summed E-state index contributed by atoms with van der Waals surface area (Å²) in [4.78, 5) is 27.1. The van der Waals surface area contributed by atoms with Crippen LogP contribution in [0, 0.1) is 0 Å². The van der Waals surface area contributed by atoms with E-state index in [0.29, 0.717) is 5.02 Å². The number of H-pyrrole nitrogens is 1. The first kappa shape index (κ1) is 21.5. The Morgan fingerprint density at radius 3 is 2.57 bits per heavy atom. The van der Waals surface area contributed by atoms with E-state index in [0.717, 1.165) is 4.57 Å². The molecule has 2 saturated heterocycles. The van der Waals surface area contributed by atoms with Crippen LogP contribution in [0.2, 0.25) is 10.0 Å². The van der Waals surface area contributed by atoms with Gasteiger partial charge in [0.05, 0.1) is 12.2 Å². The van der Waals surface area contributed by atoms with Crippen LogP contribution in [0.4, 0.5) is 0 Å². The fourth-order valence-electron chi connectivity index (χ4n) is 3.81. The highest BCUT2D eigenvalue weighted by Crippen LogP contribution is 2.42. The van der Waals surface area contributed by atoms with Crippen LogP contribution < -0.4 is 11.2 Å². The third-order valence-corrected chi connectivity index (χ3v) is 5.69. The molecule has 3 heterocycles. The van der Waals surface area contributed by atoms with Gasteiger partial charge in [0.25, 0.3) is 5.56 Å². The molecule has 4 rings (SSSR count). The summed E-state index contributed by atoms with van der Waals surface area (Å²) >= 11 is 12.0. The van der Waals surface area contributed by atoms with E-state index in [-0.39, 0.29) is 22.8 Å². The number of hydrogen-bond acceptors (Lipinski definition) is 7. The lowest BCUT2D eigenvalue weighted by Gasteiger charge is -2.25. The molecule has 0 aliphatic carbocycles. The van der Waals surface area contributed by atoms with Gasteiger partial charge in [0, 0.05) is 21.8 Å². The molecule has 0 saturated carbocycles. The summed E-state index contributed by atoms with van der Waals surface area (Å²) in [5, 5.41) is 20.9. The maximum Gasteiger partial charge on any atom is 0.330 e. The predicted octanol–water partition coefficient (Wildman–Crippen LogP) is 1.33. The Labute approximate surface area is 180 Å². The number of rotatable bonds is 4. The molecule has 1 aromatic heterocycles. The van der Waals surface area contributed by atoms with Crippen molar-refractivity contribution in [1.82, 2.24) is 9.55 Å². The predicted molar refractivity (Wildman–Crippen MR) is 107 cm³/mol. The third kappa shape index (κ3) is 3.71. The standard InChI is InChI=1S/C19H20Cl2N2O7/c1-19(2)29-14-12(7-24)28-17(15(14)30-19)23-6-10(16(26)22-18(23)27)13(25)9-4-3-8(20)5-11(9)21/h3-6,12-15,17,24-25H,7H2,1-2H3,(H,22,26,27)/t12-,13?,14-,15-,17-/m1/s1. The lowest BCUT2D eigenvalue weighted by atomic mass is 10.0. The molecule has 0 bridgehead atoms. The average Bonchev–Trinajstić information content (AvgIpc) is 3.14. The molecule has 30 heavy (non-hydrogen) atoms. The Bertz CT molecular complexity index is 1080. The van der Waals surface area contributed by atoms with Crippen molar-refractivity contribution >= 4 is 23.2 Å². The van der Waals surface area contributed by atoms with Crippen molar-refractivity contribution < 1.29 is 24.4 Å². The number of aromatic nitrogens is 2. The van der Waals surface area contributed by atoms with Gasteiger partial charge in [-0.05, 0) is 26.0 Å². The Balaban J connectivity index is 1.75. The molecule has 9 nitrogen and oxygen atoms in total. The Kier molecular flexibility index (Phi) is 5.56. The number of ether oxygens (including phenoxy) is 3. The van der Waals surface area contributed by atoms with Crippen LogP contribution >= 0.6 is 23.2 Å². The molecule has 11 heteroatoms. The van der Waals surface area contributed by atoms with E-state index >= 15 is 0 Å². The van der Waals surface area contributed by atoms with Gasteiger partial charge in [0.2, 0.25) is 0 Å². The smallest absolute Gasteiger partial charge is 0.330 e. The molecular formula is C19H20Cl2N2O7. The summed E-state index contributed by atoms with van der Waals surface area (Å²) in [6, 6.07) is 4.46. The number of aliphatic hydroxyl groups is 2. The van der Waals surface area contributed by atoms with Gasteiger partial charge < -0.3 is 24.4 Å². The van der Waals surface area contributed by atoms with Gasteiger partial charge in [-0.15, -0.1) is 0 Å². The number of hydrogen-bond donors (Lipinski definition) is 3. The summed E-state index contributed by atoms with van der Waals surface area (Å²) in [5.41, 5.74) is -1.40. The number of nitrogens with one attached hydrogen (secondary N) is 1. The first-order valence-corrected chi connectivity index (χ1v) is 9.97. The monoisotopic (exact) mass is 458 g/mol. The van der Waals surface area contributed by atoms with Gasteiger partial charge in [0.15, 0.2) is 12.0 Å². The van der Waals surface area contributed by atoms with Crippen molar-refractivity contribution in [2.45, 2.75) is 50.3 Å². The Hall–Kier alpha value is -1.72. The second-order valence-corrected chi connectivity index (χ2v) is 8.48. The van der Waals surface area contributed by atoms with Crippen LogP contribution in [0.5, 0.6) is 0 Å². The van der Waals surface area contributed by atoms with Gasteiger partial charge in [-0.25, -0.2) is 4.79 Å². The van der Waals surface area contributed by atoms with Gasteiger partial charge in [0.1, 0.15) is 24.4 Å². The van der Waals surface area contributed by atoms with Crippen molar-refractivity contribution in [2.75, 3.05) is 6.61 Å². The molecule has 0 amide bonds. The van der Waals surface area contributed by atoms with Crippen molar-refractivity contribution in [1.29, 1.82) is 0 Å². The molecule has 2 aliphatic heterocycles. The van der Waals surface area contributed by atoms with Gasteiger partial charge in [-0.3, -0.25) is 14.3 Å². The van der Waals surface area contributed by atoms with Gasteiger partial charge in [-0.1, -0.05) is 29.3 Å². The molecular weight excluding hydrogens is 439 g/mol. The molecule has 0 spiro atoms. The Morgan fingerprint density at radius 2 is 1.90 bits per heavy atom. The molecule has 0 radical (unpaired) electrons. The normalized spacial score (nSPS) is 28.5. The zero-order valence-electron chi connectivity index (χ0n) is 16.0. The average molecular weight is 459 g/mol. The van der Waals surface area contributed by atoms with E-state index in [9.17, 15) is 19.8 Å². The number of fused-ring (bicyclic) bond motifs is 1. The van der Waals surface area contributed by atoms with Gasteiger partial charge in [-0.2, -0.15) is 0 Å². The van der Waals surface area contributed by atoms with Crippen molar-refractivity contribution in [2.24, 2.45) is 0 Å². The maximum atomic E-state index is 12.5.